The summed E-state index contributed by atoms with van der Waals surface area (Å²) in [6.07, 6.45) is -2.97. The van der Waals surface area contributed by atoms with Crippen LogP contribution in [0.4, 0.5) is 18.9 Å². The van der Waals surface area contributed by atoms with Gasteiger partial charge in [-0.3, -0.25) is 19.2 Å². The van der Waals surface area contributed by atoms with Gasteiger partial charge >= 0.3 is 6.18 Å². The van der Waals surface area contributed by atoms with Crippen LogP contribution >= 0.6 is 0 Å². The maximum Gasteiger partial charge on any atom is 0.433 e. The number of carbonyl (C=O) groups excluding carboxylic acids is 2. The molecule has 1 aliphatic rings. The van der Waals surface area contributed by atoms with Crippen LogP contribution in [0, 0.1) is 0 Å². The van der Waals surface area contributed by atoms with E-state index in [1.807, 2.05) is 0 Å². The Morgan fingerprint density at radius 2 is 1.86 bits per heavy atom. The number of nitrogens with one attached hydrogen (secondary N) is 1. The van der Waals surface area contributed by atoms with Crippen LogP contribution < -0.4 is 5.32 Å². The molecule has 4 rings (SSSR count). The number of benzene rings is 1. The van der Waals surface area contributed by atoms with Crippen molar-refractivity contribution in [3.63, 3.8) is 0 Å². The van der Waals surface area contributed by atoms with Gasteiger partial charge in [-0.15, -0.1) is 0 Å². The van der Waals surface area contributed by atoms with E-state index >= 15 is 0 Å². The van der Waals surface area contributed by atoms with Crippen LogP contribution in [0.3, 0.4) is 0 Å². The lowest BCUT2D eigenvalue weighted by molar-refractivity contribution is -0.141. The van der Waals surface area contributed by atoms with E-state index in [1.165, 1.54) is 10.7 Å². The Labute approximate surface area is 210 Å². The first-order valence-electron chi connectivity index (χ1n) is 11.7. The monoisotopic (exact) mass is 520 g/mol. The fourth-order valence-corrected chi connectivity index (χ4v) is 3.97. The molecule has 0 unspecified atom stereocenters. The lowest BCUT2D eigenvalue weighted by Crippen LogP contribution is -2.50. The predicted molar refractivity (Wildman–Crippen MR) is 128 cm³/mol. The highest BCUT2D eigenvalue weighted by molar-refractivity contribution is 6.03. The number of nitrogens with zero attached hydrogens (tertiary/aromatic N) is 5. The van der Waals surface area contributed by atoms with E-state index < -0.39 is 17.8 Å². The molecule has 13 heteroatoms. The Morgan fingerprint density at radius 3 is 2.59 bits per heavy atom. The molecule has 1 saturated heterocycles. The Morgan fingerprint density at radius 1 is 1.08 bits per heavy atom. The third-order valence-electron chi connectivity index (χ3n) is 5.89. The van der Waals surface area contributed by atoms with Crippen molar-refractivity contribution in [2.24, 2.45) is 0 Å². The summed E-state index contributed by atoms with van der Waals surface area (Å²) >= 11 is 0. The second-order valence-corrected chi connectivity index (χ2v) is 8.52. The number of halogens is 3. The van der Waals surface area contributed by atoms with Crippen LogP contribution in [0.5, 0.6) is 0 Å². The normalized spacial score (nSPS) is 14.8. The van der Waals surface area contributed by atoms with E-state index in [4.69, 9.17) is 9.84 Å². The summed E-state index contributed by atoms with van der Waals surface area (Å²) in [5, 5.41) is 16.4. The topological polar surface area (TPSA) is 113 Å². The summed E-state index contributed by atoms with van der Waals surface area (Å²) in [7, 11) is 0. The molecule has 1 fully saturated rings. The number of rotatable bonds is 9. The molecule has 1 aliphatic heterocycles. The van der Waals surface area contributed by atoms with Crippen LogP contribution in [0.1, 0.15) is 16.2 Å². The zero-order chi connectivity index (χ0) is 26.4. The Bertz CT molecular complexity index is 1240. The second-order valence-electron chi connectivity index (χ2n) is 8.52. The SMILES string of the molecule is O=C(Nc1ccc2nn(CC(=O)N3CCN(CCOCCO)CC3)cc2c1)c1cccc(C(F)(F)F)n1. The van der Waals surface area contributed by atoms with E-state index in [-0.39, 0.29) is 24.8 Å². The zero-order valence-corrected chi connectivity index (χ0v) is 19.9. The van der Waals surface area contributed by atoms with Gasteiger partial charge in [0.2, 0.25) is 5.91 Å². The van der Waals surface area contributed by atoms with Crippen LogP contribution in [-0.2, 0) is 22.3 Å². The second kappa shape index (κ2) is 11.7. The molecule has 1 aromatic carbocycles. The van der Waals surface area contributed by atoms with E-state index in [9.17, 15) is 22.8 Å². The molecule has 2 N–H and O–H groups in total. The van der Waals surface area contributed by atoms with Crippen LogP contribution in [0.25, 0.3) is 10.9 Å². The number of pyridine rings is 1. The molecule has 2 aromatic heterocycles. The standard InChI is InChI=1S/C24H27F3N6O4/c25-24(26,27)21-3-1-2-20(29-21)23(36)28-18-4-5-19-17(14-18)15-33(30-19)16-22(35)32-8-6-31(7-9-32)10-12-37-13-11-34/h1-5,14-15,34H,6-13,16H2,(H,28,36). The number of piperazine rings is 1. The van der Waals surface area contributed by atoms with Crippen molar-refractivity contribution >= 4 is 28.4 Å². The van der Waals surface area contributed by atoms with E-state index in [1.54, 1.807) is 29.3 Å². The molecule has 37 heavy (non-hydrogen) atoms. The van der Waals surface area contributed by atoms with Gasteiger partial charge in [-0.05, 0) is 30.3 Å². The Kier molecular flexibility index (Phi) is 8.36. The number of alkyl halides is 3. The third kappa shape index (κ3) is 7.02. The molecular weight excluding hydrogens is 493 g/mol. The minimum atomic E-state index is -4.65. The van der Waals surface area contributed by atoms with Gasteiger partial charge in [0.15, 0.2) is 0 Å². The van der Waals surface area contributed by atoms with Crippen molar-refractivity contribution in [1.29, 1.82) is 0 Å². The van der Waals surface area contributed by atoms with Crippen molar-refractivity contribution in [3.05, 3.63) is 54.0 Å². The summed E-state index contributed by atoms with van der Waals surface area (Å²) < 4.78 is 45.5. The number of ether oxygens (including phenoxy) is 1. The summed E-state index contributed by atoms with van der Waals surface area (Å²) in [5.41, 5.74) is -0.526. The molecule has 0 saturated carbocycles. The average molecular weight is 521 g/mol. The Hall–Kier alpha value is -3.55. The maximum atomic E-state index is 12.9. The van der Waals surface area contributed by atoms with Gasteiger partial charge < -0.3 is 20.1 Å². The molecule has 0 spiro atoms. The molecular formula is C24H27F3N6O4. The molecule has 3 heterocycles. The first kappa shape index (κ1) is 26.5. The number of hydrogen-bond acceptors (Lipinski definition) is 7. The van der Waals surface area contributed by atoms with Crippen LogP contribution in [0.2, 0.25) is 0 Å². The zero-order valence-electron chi connectivity index (χ0n) is 19.9. The Balaban J connectivity index is 1.33. The summed E-state index contributed by atoms with van der Waals surface area (Å²) in [5.74, 6) is -0.833. The summed E-state index contributed by atoms with van der Waals surface area (Å²) in [4.78, 5) is 32.6. The summed E-state index contributed by atoms with van der Waals surface area (Å²) in [6.45, 7) is 4.32. The van der Waals surface area contributed by atoms with Gasteiger partial charge in [-0.25, -0.2) is 4.98 Å². The number of amides is 2. The van der Waals surface area contributed by atoms with Gasteiger partial charge in [0, 0.05) is 50.0 Å². The van der Waals surface area contributed by atoms with Crippen LogP contribution in [-0.4, -0.2) is 94.0 Å². The van der Waals surface area contributed by atoms with Gasteiger partial charge in [-0.1, -0.05) is 6.07 Å². The fraction of sp³-hybridized carbons (Fsp3) is 0.417. The molecule has 198 valence electrons. The smallest absolute Gasteiger partial charge is 0.394 e. The number of carbonyl (C=O) groups is 2. The van der Waals surface area contributed by atoms with E-state index in [2.05, 4.69) is 20.3 Å². The largest absolute Gasteiger partial charge is 0.433 e. The number of anilines is 1. The maximum absolute atomic E-state index is 12.9. The fourth-order valence-electron chi connectivity index (χ4n) is 3.97. The van der Waals surface area contributed by atoms with Crippen molar-refractivity contribution < 1.29 is 32.6 Å². The first-order chi connectivity index (χ1) is 17.7. The number of aromatic nitrogens is 3. The minimum absolute atomic E-state index is 0.00202. The highest BCUT2D eigenvalue weighted by Gasteiger charge is 2.33. The third-order valence-corrected chi connectivity index (χ3v) is 5.89. The predicted octanol–water partition coefficient (Wildman–Crippen LogP) is 1.86. The lowest BCUT2D eigenvalue weighted by Gasteiger charge is -2.34. The molecule has 3 aromatic rings. The van der Waals surface area contributed by atoms with E-state index in [0.717, 1.165) is 31.8 Å². The number of aliphatic hydroxyl groups excluding tert-OH is 1. The molecule has 0 atom stereocenters. The highest BCUT2D eigenvalue weighted by atomic mass is 19.4. The molecule has 2 amide bonds. The first-order valence-corrected chi connectivity index (χ1v) is 11.7. The summed E-state index contributed by atoms with van der Waals surface area (Å²) in [6, 6.07) is 8.00. The average Bonchev–Trinajstić information content (AvgIpc) is 3.28. The van der Waals surface area contributed by atoms with Gasteiger partial charge in [0.25, 0.3) is 5.91 Å². The highest BCUT2D eigenvalue weighted by Crippen LogP contribution is 2.27. The van der Waals surface area contributed by atoms with Gasteiger partial charge in [0.05, 0.1) is 25.3 Å². The van der Waals surface area contributed by atoms with Crippen molar-refractivity contribution in [1.82, 2.24) is 24.6 Å². The number of aliphatic hydroxyl groups is 1. The van der Waals surface area contributed by atoms with Crippen LogP contribution in [0.15, 0.2) is 42.6 Å². The van der Waals surface area contributed by atoms with Crippen molar-refractivity contribution in [3.8, 4) is 0 Å². The molecule has 0 radical (unpaired) electrons. The molecule has 0 aliphatic carbocycles. The number of fused-ring (bicyclic) bond motifs is 1. The number of hydrogen-bond donors (Lipinski definition) is 2. The molecule has 0 bridgehead atoms. The minimum Gasteiger partial charge on any atom is -0.394 e. The lowest BCUT2D eigenvalue weighted by atomic mass is 10.2. The quantitative estimate of drug-likeness (QED) is 0.414. The van der Waals surface area contributed by atoms with Crippen molar-refractivity contribution in [2.75, 3.05) is 57.9 Å². The van der Waals surface area contributed by atoms with Gasteiger partial charge in [0.1, 0.15) is 17.9 Å². The van der Waals surface area contributed by atoms with Gasteiger partial charge in [-0.2, -0.15) is 18.3 Å². The van der Waals surface area contributed by atoms with E-state index in [0.29, 0.717) is 42.9 Å². The van der Waals surface area contributed by atoms with Crippen molar-refractivity contribution in [2.45, 2.75) is 12.7 Å². The molecule has 10 nitrogen and oxygen atoms in total.